The molecule has 2 N–H and O–H groups in total. The third-order valence-corrected chi connectivity index (χ3v) is 4.36. The van der Waals surface area contributed by atoms with Crippen LogP contribution in [0.1, 0.15) is 48.2 Å². The van der Waals surface area contributed by atoms with Crippen LogP contribution in [0.4, 0.5) is 10.1 Å². The highest BCUT2D eigenvalue weighted by atomic mass is 19.1. The predicted molar refractivity (Wildman–Crippen MR) is 108 cm³/mol. The minimum Gasteiger partial charge on any atom is -0.451 e. The summed E-state index contributed by atoms with van der Waals surface area (Å²) >= 11 is 0. The van der Waals surface area contributed by atoms with Crippen molar-refractivity contribution in [3.63, 3.8) is 0 Å². The fraction of sp³-hybridized carbons (Fsp3) is 0.318. The zero-order valence-corrected chi connectivity index (χ0v) is 16.9. The van der Waals surface area contributed by atoms with Crippen LogP contribution in [0.25, 0.3) is 0 Å². The van der Waals surface area contributed by atoms with E-state index in [1.54, 1.807) is 0 Å². The zero-order valence-electron chi connectivity index (χ0n) is 16.9. The average Bonchev–Trinajstić information content (AvgIpc) is 2.67. The first kappa shape index (κ1) is 22.1. The van der Waals surface area contributed by atoms with Crippen LogP contribution in [-0.4, -0.2) is 30.4 Å². The van der Waals surface area contributed by atoms with Crippen LogP contribution in [0, 0.1) is 12.7 Å². The van der Waals surface area contributed by atoms with Crippen molar-refractivity contribution in [2.45, 2.75) is 39.7 Å². The molecule has 0 aliphatic heterocycles. The Balaban J connectivity index is 1.92. The molecule has 2 rings (SSSR count). The summed E-state index contributed by atoms with van der Waals surface area (Å²) in [7, 11) is 0. The molecule has 2 aromatic carbocycles. The lowest BCUT2D eigenvalue weighted by Crippen LogP contribution is -2.36. The predicted octanol–water partition coefficient (Wildman–Crippen LogP) is 3.56. The number of esters is 1. The van der Waals surface area contributed by atoms with Gasteiger partial charge in [-0.25, -0.2) is 4.39 Å². The van der Waals surface area contributed by atoms with Gasteiger partial charge in [-0.15, -0.1) is 0 Å². The topological polar surface area (TPSA) is 84.5 Å². The monoisotopic (exact) mass is 400 g/mol. The molecule has 0 heterocycles. The molecule has 0 bridgehead atoms. The minimum atomic E-state index is -1.06. The number of nitrogens with one attached hydrogen (secondary N) is 2. The maximum atomic E-state index is 13.6. The number of hydrogen-bond donors (Lipinski definition) is 2. The second kappa shape index (κ2) is 9.82. The van der Waals surface area contributed by atoms with Crippen LogP contribution in [0.15, 0.2) is 42.5 Å². The molecular formula is C22H25FN2O4. The molecule has 6 nitrogen and oxygen atoms in total. The van der Waals surface area contributed by atoms with Gasteiger partial charge in [0.25, 0.3) is 11.8 Å². The fourth-order valence-corrected chi connectivity index (χ4v) is 2.75. The average molecular weight is 400 g/mol. The SMILES string of the molecule is Cc1cccc(C(C)C)c1NC(=O)[C@H](C)OC(=O)CNC(=O)c1ccccc1F. The van der Waals surface area contributed by atoms with Crippen LogP contribution in [0.5, 0.6) is 0 Å². The third-order valence-electron chi connectivity index (χ3n) is 4.36. The Labute approximate surface area is 169 Å². The van der Waals surface area contributed by atoms with E-state index >= 15 is 0 Å². The standard InChI is InChI=1S/C22H25FN2O4/c1-13(2)16-10-7-8-14(3)20(16)25-21(27)15(4)29-19(26)12-24-22(28)17-9-5-6-11-18(17)23/h5-11,13,15H,12H2,1-4H3,(H,24,28)(H,25,27)/t15-/m0/s1. The molecule has 0 saturated heterocycles. The molecule has 7 heteroatoms. The molecule has 154 valence electrons. The number of anilines is 1. The van der Waals surface area contributed by atoms with Crippen molar-refractivity contribution >= 4 is 23.5 Å². The highest BCUT2D eigenvalue weighted by Gasteiger charge is 2.21. The van der Waals surface area contributed by atoms with Crippen LogP contribution < -0.4 is 10.6 Å². The van der Waals surface area contributed by atoms with Gasteiger partial charge >= 0.3 is 5.97 Å². The van der Waals surface area contributed by atoms with E-state index in [4.69, 9.17) is 4.74 Å². The molecule has 0 fully saturated rings. The van der Waals surface area contributed by atoms with Crippen molar-refractivity contribution in [2.24, 2.45) is 0 Å². The van der Waals surface area contributed by atoms with Gasteiger partial charge in [-0.3, -0.25) is 14.4 Å². The van der Waals surface area contributed by atoms with Crippen molar-refractivity contribution in [1.82, 2.24) is 5.32 Å². The maximum absolute atomic E-state index is 13.6. The molecule has 0 aliphatic carbocycles. The van der Waals surface area contributed by atoms with Crippen molar-refractivity contribution < 1.29 is 23.5 Å². The summed E-state index contributed by atoms with van der Waals surface area (Å²) in [6.07, 6.45) is -1.06. The van der Waals surface area contributed by atoms with E-state index in [-0.39, 0.29) is 11.5 Å². The van der Waals surface area contributed by atoms with Crippen LogP contribution in [0.2, 0.25) is 0 Å². The van der Waals surface area contributed by atoms with Gasteiger partial charge in [0.05, 0.1) is 5.56 Å². The Kier molecular flexibility index (Phi) is 7.47. The number of carbonyl (C=O) groups excluding carboxylic acids is 3. The van der Waals surface area contributed by atoms with Crippen LogP contribution >= 0.6 is 0 Å². The van der Waals surface area contributed by atoms with E-state index in [2.05, 4.69) is 10.6 Å². The van der Waals surface area contributed by atoms with Crippen molar-refractivity contribution in [3.8, 4) is 0 Å². The Morgan fingerprint density at radius 3 is 2.38 bits per heavy atom. The lowest BCUT2D eigenvalue weighted by molar-refractivity contribution is -0.152. The second-order valence-corrected chi connectivity index (χ2v) is 6.98. The molecule has 1 atom stereocenters. The van der Waals surface area contributed by atoms with E-state index < -0.39 is 36.2 Å². The smallest absolute Gasteiger partial charge is 0.326 e. The van der Waals surface area contributed by atoms with E-state index in [0.29, 0.717) is 5.69 Å². The molecule has 2 amide bonds. The number of ether oxygens (including phenoxy) is 1. The second-order valence-electron chi connectivity index (χ2n) is 6.98. The van der Waals surface area contributed by atoms with E-state index in [9.17, 15) is 18.8 Å². The highest BCUT2D eigenvalue weighted by Crippen LogP contribution is 2.27. The molecule has 29 heavy (non-hydrogen) atoms. The number of para-hydroxylation sites is 1. The molecule has 2 aromatic rings. The number of hydrogen-bond acceptors (Lipinski definition) is 4. The number of amides is 2. The Morgan fingerprint density at radius 1 is 1.03 bits per heavy atom. The molecule has 0 aromatic heterocycles. The van der Waals surface area contributed by atoms with Gasteiger partial charge in [0, 0.05) is 5.69 Å². The van der Waals surface area contributed by atoms with Crippen molar-refractivity contribution in [2.75, 3.05) is 11.9 Å². The van der Waals surface area contributed by atoms with Gasteiger partial charge in [0.15, 0.2) is 6.10 Å². The summed E-state index contributed by atoms with van der Waals surface area (Å²) in [4.78, 5) is 36.3. The fourth-order valence-electron chi connectivity index (χ4n) is 2.75. The summed E-state index contributed by atoms with van der Waals surface area (Å²) in [5.74, 6) is -2.50. The van der Waals surface area contributed by atoms with Gasteiger partial charge in [0.1, 0.15) is 12.4 Å². The molecule has 0 spiro atoms. The summed E-state index contributed by atoms with van der Waals surface area (Å²) in [6, 6.07) is 11.2. The van der Waals surface area contributed by atoms with Crippen LogP contribution in [0.3, 0.4) is 0 Å². The summed E-state index contributed by atoms with van der Waals surface area (Å²) in [6.45, 7) is 6.89. The number of benzene rings is 2. The summed E-state index contributed by atoms with van der Waals surface area (Å²) < 4.78 is 18.7. The van der Waals surface area contributed by atoms with Gasteiger partial charge in [-0.1, -0.05) is 44.2 Å². The number of rotatable bonds is 7. The lowest BCUT2D eigenvalue weighted by atomic mass is 9.98. The van der Waals surface area contributed by atoms with Crippen molar-refractivity contribution in [1.29, 1.82) is 0 Å². The third kappa shape index (κ3) is 5.88. The summed E-state index contributed by atoms with van der Waals surface area (Å²) in [5, 5.41) is 5.09. The molecule has 0 aliphatic rings. The maximum Gasteiger partial charge on any atom is 0.326 e. The Bertz CT molecular complexity index is 911. The lowest BCUT2D eigenvalue weighted by Gasteiger charge is -2.19. The summed E-state index contributed by atoms with van der Waals surface area (Å²) in [5.41, 5.74) is 2.41. The highest BCUT2D eigenvalue weighted by molar-refractivity contribution is 5.98. The first-order valence-electron chi connectivity index (χ1n) is 9.33. The largest absolute Gasteiger partial charge is 0.451 e. The normalized spacial score (nSPS) is 11.7. The van der Waals surface area contributed by atoms with Crippen LogP contribution in [-0.2, 0) is 14.3 Å². The number of halogens is 1. The Hall–Kier alpha value is -3.22. The Morgan fingerprint density at radius 2 is 1.72 bits per heavy atom. The van der Waals surface area contributed by atoms with E-state index in [1.807, 2.05) is 39.0 Å². The van der Waals surface area contributed by atoms with E-state index in [0.717, 1.165) is 17.2 Å². The van der Waals surface area contributed by atoms with Gasteiger partial charge in [0.2, 0.25) is 0 Å². The first-order chi connectivity index (χ1) is 13.7. The molecule has 0 saturated carbocycles. The quantitative estimate of drug-likeness (QED) is 0.696. The number of aryl methyl sites for hydroxylation is 1. The van der Waals surface area contributed by atoms with Gasteiger partial charge in [-0.2, -0.15) is 0 Å². The first-order valence-corrected chi connectivity index (χ1v) is 9.33. The van der Waals surface area contributed by atoms with Gasteiger partial charge in [-0.05, 0) is 43.0 Å². The van der Waals surface area contributed by atoms with Crippen molar-refractivity contribution in [3.05, 3.63) is 65.0 Å². The van der Waals surface area contributed by atoms with E-state index in [1.165, 1.54) is 25.1 Å². The minimum absolute atomic E-state index is 0.174. The number of carbonyl (C=O) groups is 3. The molecule has 0 radical (unpaired) electrons. The van der Waals surface area contributed by atoms with Gasteiger partial charge < -0.3 is 15.4 Å². The molecule has 0 unspecified atom stereocenters. The zero-order chi connectivity index (χ0) is 21.6. The molecular weight excluding hydrogens is 375 g/mol.